The summed E-state index contributed by atoms with van der Waals surface area (Å²) in [4.78, 5) is 13.1. The highest BCUT2D eigenvalue weighted by Crippen LogP contribution is 2.60. The molecular weight excluding hydrogens is 539 g/mol. The summed E-state index contributed by atoms with van der Waals surface area (Å²) >= 11 is -5.32. The van der Waals surface area contributed by atoms with E-state index < -0.39 is 33.6 Å². The van der Waals surface area contributed by atoms with Crippen molar-refractivity contribution < 1.29 is 33.7 Å². The average Bonchev–Trinajstić information content (AvgIpc) is 3.54. The van der Waals surface area contributed by atoms with E-state index in [1.54, 1.807) is 6.07 Å². The number of aromatic amines is 1. The summed E-state index contributed by atoms with van der Waals surface area (Å²) in [6.45, 7) is 1.60. The summed E-state index contributed by atoms with van der Waals surface area (Å²) in [5.74, 6) is -0.466. The van der Waals surface area contributed by atoms with E-state index in [4.69, 9.17) is 4.52 Å². The lowest BCUT2D eigenvalue weighted by Crippen LogP contribution is -2.33. The number of nitrogens with one attached hydrogen (secondary N) is 1. The van der Waals surface area contributed by atoms with Crippen LogP contribution in [0.15, 0.2) is 58.1 Å². The van der Waals surface area contributed by atoms with Gasteiger partial charge in [0.15, 0.2) is 5.82 Å². The third-order valence-electron chi connectivity index (χ3n) is 6.33. The van der Waals surface area contributed by atoms with Crippen LogP contribution in [0.25, 0.3) is 22.7 Å². The molecule has 1 saturated heterocycles. The van der Waals surface area contributed by atoms with Crippen LogP contribution < -0.4 is 0 Å². The van der Waals surface area contributed by atoms with E-state index in [1.807, 2.05) is 0 Å². The second-order valence-electron chi connectivity index (χ2n) is 8.87. The lowest BCUT2D eigenvalue weighted by molar-refractivity contribution is -0.139. The molecule has 1 N–H and O–H groups in total. The van der Waals surface area contributed by atoms with Crippen LogP contribution in [-0.2, 0) is 12.7 Å². The van der Waals surface area contributed by atoms with Crippen molar-refractivity contribution in [1.82, 2.24) is 25.0 Å². The largest absolute Gasteiger partial charge is 0.419 e. The fourth-order valence-corrected chi connectivity index (χ4v) is 4.87. The van der Waals surface area contributed by atoms with Crippen LogP contribution in [0.3, 0.4) is 0 Å². The number of rotatable bonds is 6. The first kappa shape index (κ1) is 26.2. The molecule has 0 radical (unpaired) electrons. The molecular formula is C24H20F7N5OS. The van der Waals surface area contributed by atoms with E-state index >= 15 is 0 Å². The number of nitrogens with zero attached hydrogens (tertiary/aromatic N) is 4. The Bertz CT molecular complexity index is 1420. The van der Waals surface area contributed by atoms with E-state index in [-0.39, 0.29) is 23.2 Å². The van der Waals surface area contributed by atoms with Gasteiger partial charge in [0.05, 0.1) is 28.9 Å². The van der Waals surface area contributed by atoms with Crippen LogP contribution in [0.4, 0.5) is 29.2 Å². The quantitative estimate of drug-likeness (QED) is 0.248. The molecule has 0 aliphatic carbocycles. The minimum atomic E-state index is -5.32. The summed E-state index contributed by atoms with van der Waals surface area (Å²) in [5, 5.41) is 3.84. The lowest BCUT2D eigenvalue weighted by Gasteiger charge is -2.30. The third-order valence-corrected chi connectivity index (χ3v) is 7.12. The molecule has 2 aromatic heterocycles. The van der Waals surface area contributed by atoms with Crippen molar-refractivity contribution in [3.8, 4) is 22.7 Å². The number of halogens is 7. The summed E-state index contributed by atoms with van der Waals surface area (Å²) in [5.41, 5.74) is -0.513. The Hall–Kier alpha value is -3.39. The Morgan fingerprint density at radius 1 is 1.03 bits per heavy atom. The number of hydrogen-bond donors (Lipinski definition) is 1. The van der Waals surface area contributed by atoms with Gasteiger partial charge in [-0.25, -0.2) is 9.37 Å². The molecule has 4 aromatic rings. The molecule has 5 rings (SSSR count). The van der Waals surface area contributed by atoms with Crippen molar-refractivity contribution in [2.75, 3.05) is 13.1 Å². The number of imidazole rings is 1. The van der Waals surface area contributed by atoms with E-state index in [9.17, 15) is 29.2 Å². The highest BCUT2D eigenvalue weighted by Gasteiger charge is 2.35. The molecule has 1 aliphatic heterocycles. The van der Waals surface area contributed by atoms with E-state index in [1.165, 1.54) is 12.3 Å². The van der Waals surface area contributed by atoms with Crippen LogP contribution in [0, 0.1) is 5.82 Å². The highest BCUT2D eigenvalue weighted by atomic mass is 32.3. The van der Waals surface area contributed by atoms with Gasteiger partial charge in [-0.2, -0.15) is 18.2 Å². The highest BCUT2D eigenvalue weighted by molar-refractivity contribution is 8.20. The minimum absolute atomic E-state index is 0.0352. The zero-order chi connectivity index (χ0) is 27.1. The molecule has 0 amide bonds. The van der Waals surface area contributed by atoms with Gasteiger partial charge >= 0.3 is 6.18 Å². The third kappa shape index (κ3) is 5.70. The predicted octanol–water partition coefficient (Wildman–Crippen LogP) is 7.48. The molecule has 0 unspecified atom stereocenters. The van der Waals surface area contributed by atoms with Gasteiger partial charge in [0.25, 0.3) is 5.89 Å². The Kier molecular flexibility index (Phi) is 6.94. The monoisotopic (exact) mass is 559 g/mol. The summed E-state index contributed by atoms with van der Waals surface area (Å²) in [6, 6.07) is 7.63. The number of piperidine rings is 1. The lowest BCUT2D eigenvalue weighted by atomic mass is 9.96. The Labute approximate surface area is 214 Å². The zero-order valence-corrected chi connectivity index (χ0v) is 20.3. The number of aromatic nitrogens is 4. The molecule has 0 bridgehead atoms. The Morgan fingerprint density at radius 2 is 1.79 bits per heavy atom. The van der Waals surface area contributed by atoms with Crippen molar-refractivity contribution in [1.29, 1.82) is 0 Å². The van der Waals surface area contributed by atoms with Crippen molar-refractivity contribution >= 4 is 11.2 Å². The Balaban J connectivity index is 1.20. The van der Waals surface area contributed by atoms with E-state index in [0.717, 1.165) is 31.0 Å². The molecule has 0 atom stereocenters. The van der Waals surface area contributed by atoms with Crippen LogP contribution in [0.5, 0.6) is 0 Å². The Morgan fingerprint density at radius 3 is 2.50 bits per heavy atom. The number of alkyl halides is 3. The first-order valence-corrected chi connectivity index (χ1v) is 12.8. The summed E-state index contributed by atoms with van der Waals surface area (Å²) in [6.07, 6.45) is -1.88. The topological polar surface area (TPSA) is 70.8 Å². The molecule has 0 spiro atoms. The maximum atomic E-state index is 13.6. The van der Waals surface area contributed by atoms with Crippen LogP contribution in [0.2, 0.25) is 0 Å². The van der Waals surface area contributed by atoms with Crippen molar-refractivity contribution in [3.05, 3.63) is 71.7 Å². The molecule has 2 aromatic carbocycles. The zero-order valence-electron chi connectivity index (χ0n) is 19.5. The van der Waals surface area contributed by atoms with Crippen molar-refractivity contribution in [3.63, 3.8) is 0 Å². The van der Waals surface area contributed by atoms with Crippen LogP contribution in [-0.4, -0.2) is 38.1 Å². The first-order valence-electron chi connectivity index (χ1n) is 11.5. The van der Waals surface area contributed by atoms with Gasteiger partial charge in [-0.3, -0.25) is 4.90 Å². The standard InChI is InChI=1S/C24H20F7N5OS/c25-19-5-4-16(11-18(19)24(26,27)28)23-34-21(35-37-23)13-36-8-6-14(7-9-36)22-32-12-20(33-22)15-2-1-3-17(10-15)38(29,30)31/h1-5,10-12,14H,6-9,13H2,(H,32,33). The molecule has 6 nitrogen and oxygen atoms in total. The molecule has 202 valence electrons. The predicted molar refractivity (Wildman–Crippen MR) is 125 cm³/mol. The minimum Gasteiger partial charge on any atom is -0.342 e. The molecule has 1 aliphatic rings. The van der Waals surface area contributed by atoms with Crippen LogP contribution in [0.1, 0.15) is 36.0 Å². The molecule has 14 heteroatoms. The van der Waals surface area contributed by atoms with Gasteiger partial charge in [-0.1, -0.05) is 17.3 Å². The molecule has 1 fully saturated rings. The van der Waals surface area contributed by atoms with Crippen molar-refractivity contribution in [2.24, 2.45) is 0 Å². The summed E-state index contributed by atoms with van der Waals surface area (Å²) in [7, 11) is 0. The normalized spacial score (nSPS) is 16.2. The fourth-order valence-electron chi connectivity index (χ4n) is 4.37. The van der Waals surface area contributed by atoms with E-state index in [0.29, 0.717) is 48.8 Å². The smallest absolute Gasteiger partial charge is 0.342 e. The van der Waals surface area contributed by atoms with Gasteiger partial charge in [0.2, 0.25) is 11.2 Å². The number of likely N-dealkylation sites (tertiary alicyclic amines) is 1. The van der Waals surface area contributed by atoms with Crippen molar-refractivity contribution in [2.45, 2.75) is 36.4 Å². The van der Waals surface area contributed by atoms with Gasteiger partial charge in [0, 0.05) is 17.0 Å². The first-order chi connectivity index (χ1) is 18.0. The van der Waals surface area contributed by atoms with E-state index in [2.05, 4.69) is 25.0 Å². The van der Waals surface area contributed by atoms with Gasteiger partial charge < -0.3 is 9.51 Å². The fraction of sp³-hybridized carbons (Fsp3) is 0.292. The van der Waals surface area contributed by atoms with Gasteiger partial charge in [-0.15, -0.1) is 11.7 Å². The van der Waals surface area contributed by atoms with Gasteiger partial charge in [0.1, 0.15) is 11.6 Å². The molecule has 0 saturated carbocycles. The maximum Gasteiger partial charge on any atom is 0.419 e. The SMILES string of the molecule is Fc1ccc(-c2nc(CN3CCC(c4ncc(-c5cccc(S(F)(F)F)c5)[nH]4)CC3)no2)cc1C(F)(F)F. The number of hydrogen-bond acceptors (Lipinski definition) is 5. The maximum absolute atomic E-state index is 13.6. The average molecular weight is 560 g/mol. The summed E-state index contributed by atoms with van der Waals surface area (Å²) < 4.78 is 97.0. The second-order valence-corrected chi connectivity index (χ2v) is 10.2. The number of H-pyrrole nitrogens is 1. The number of benzene rings is 2. The molecule has 38 heavy (non-hydrogen) atoms. The second kappa shape index (κ2) is 10.1. The van der Waals surface area contributed by atoms with Crippen LogP contribution >= 0.6 is 11.2 Å². The molecule has 3 heterocycles. The van der Waals surface area contributed by atoms with Gasteiger partial charge in [-0.05, 0) is 56.3 Å².